The van der Waals surface area contributed by atoms with E-state index >= 15 is 0 Å². The minimum absolute atomic E-state index is 0.0609. The third kappa shape index (κ3) is 3.72. The molecule has 0 radical (unpaired) electrons. The van der Waals surface area contributed by atoms with Gasteiger partial charge in [-0.3, -0.25) is 9.59 Å². The molecule has 0 N–H and O–H groups in total. The lowest BCUT2D eigenvalue weighted by atomic mass is 9.67. The van der Waals surface area contributed by atoms with Crippen LogP contribution in [0.5, 0.6) is 0 Å². The summed E-state index contributed by atoms with van der Waals surface area (Å²) in [5, 5.41) is 0. The zero-order valence-corrected chi connectivity index (χ0v) is 11.9. The summed E-state index contributed by atoms with van der Waals surface area (Å²) >= 11 is 0. The second-order valence-electron chi connectivity index (χ2n) is 5.52. The minimum Gasteiger partial charge on any atom is -0.466 e. The molecule has 0 amide bonds. The highest BCUT2D eigenvalue weighted by atomic mass is 16.5. The van der Waals surface area contributed by atoms with Crippen molar-refractivity contribution in [2.24, 2.45) is 23.7 Å². The number of carbonyl (C=O) groups is 2. The van der Waals surface area contributed by atoms with Crippen molar-refractivity contribution in [2.75, 3.05) is 6.61 Å². The van der Waals surface area contributed by atoms with Crippen LogP contribution in [0.25, 0.3) is 0 Å². The molecule has 104 valence electrons. The second kappa shape index (κ2) is 6.21. The molecule has 18 heavy (non-hydrogen) atoms. The Kier molecular flexibility index (Phi) is 5.17. The monoisotopic (exact) mass is 256 g/mol. The predicted molar refractivity (Wildman–Crippen MR) is 67.8 cm³/mol. The van der Waals surface area contributed by atoms with Gasteiger partial charge in [0.25, 0.3) is 0 Å². The molecule has 0 aromatic carbocycles. The Bertz CT molecular complexity index is 311. The summed E-state index contributed by atoms with van der Waals surface area (Å²) in [6.45, 7) is 9.76. The molecule has 1 aliphatic carbocycles. The summed E-state index contributed by atoms with van der Waals surface area (Å²) in [6.07, 6.45) is 0.716. The summed E-state index contributed by atoms with van der Waals surface area (Å²) in [7, 11) is 0. The van der Waals surface area contributed by atoms with Crippen LogP contribution < -0.4 is 0 Å². The van der Waals surface area contributed by atoms with Crippen molar-refractivity contribution >= 4 is 11.9 Å². The summed E-state index contributed by atoms with van der Waals surface area (Å²) in [6, 6.07) is 0. The minimum atomic E-state index is -0.252. The molecule has 0 spiro atoms. The number of carbonyl (C=O) groups excluding carboxylic acids is 2. The van der Waals surface area contributed by atoms with E-state index < -0.39 is 0 Å². The first-order chi connectivity index (χ1) is 8.32. The molecule has 1 fully saturated rings. The van der Waals surface area contributed by atoms with E-state index in [0.29, 0.717) is 24.4 Å². The number of hydrogen-bond donors (Lipinski definition) is 0. The van der Waals surface area contributed by atoms with Crippen molar-refractivity contribution in [2.45, 2.75) is 47.1 Å². The molecule has 0 bridgehead atoms. The highest BCUT2D eigenvalue weighted by molar-refractivity contribution is 5.66. The Balaban J connectivity index is 2.67. The predicted octanol–water partition coefficient (Wildman–Crippen LogP) is 2.41. The van der Waals surface area contributed by atoms with E-state index in [1.54, 1.807) is 0 Å². The van der Waals surface area contributed by atoms with Crippen molar-refractivity contribution in [3.05, 3.63) is 0 Å². The van der Waals surface area contributed by atoms with Crippen LogP contribution in [-0.4, -0.2) is 24.6 Å². The topological polar surface area (TPSA) is 52.6 Å². The number of hydrogen-bond acceptors (Lipinski definition) is 4. The maximum Gasteiger partial charge on any atom is 0.302 e. The molecular weight excluding hydrogens is 232 g/mol. The number of esters is 2. The van der Waals surface area contributed by atoms with E-state index in [2.05, 4.69) is 20.8 Å². The van der Waals surface area contributed by atoms with Gasteiger partial charge >= 0.3 is 11.9 Å². The molecule has 1 rings (SSSR count). The van der Waals surface area contributed by atoms with Gasteiger partial charge in [-0.15, -0.1) is 0 Å². The summed E-state index contributed by atoms with van der Waals surface area (Å²) in [5.41, 5.74) is 0. The van der Waals surface area contributed by atoms with Gasteiger partial charge in [-0.05, 0) is 30.1 Å². The summed E-state index contributed by atoms with van der Waals surface area (Å²) < 4.78 is 10.5. The van der Waals surface area contributed by atoms with Crippen LogP contribution in [0.15, 0.2) is 0 Å². The normalized spacial score (nSPS) is 35.9. The van der Waals surface area contributed by atoms with Crippen molar-refractivity contribution in [3.63, 3.8) is 0 Å². The SMILES string of the molecule is CC(=O)OCC1C[C@@H](OC(C)=O)C(C)[C@@H](C)[C@H]1C. The first kappa shape index (κ1) is 15.0. The summed E-state index contributed by atoms with van der Waals surface area (Å²) in [5.74, 6) is 1.04. The lowest BCUT2D eigenvalue weighted by molar-refractivity contribution is -0.159. The zero-order chi connectivity index (χ0) is 13.9. The van der Waals surface area contributed by atoms with Crippen LogP contribution in [0.3, 0.4) is 0 Å². The van der Waals surface area contributed by atoms with E-state index in [4.69, 9.17) is 9.47 Å². The van der Waals surface area contributed by atoms with E-state index in [1.807, 2.05) is 0 Å². The van der Waals surface area contributed by atoms with Gasteiger partial charge in [0, 0.05) is 13.8 Å². The van der Waals surface area contributed by atoms with Crippen LogP contribution in [-0.2, 0) is 19.1 Å². The molecule has 0 aliphatic heterocycles. The highest BCUT2D eigenvalue weighted by Gasteiger charge is 2.40. The van der Waals surface area contributed by atoms with E-state index in [-0.39, 0.29) is 24.0 Å². The van der Waals surface area contributed by atoms with Gasteiger partial charge in [-0.2, -0.15) is 0 Å². The first-order valence-electron chi connectivity index (χ1n) is 6.63. The molecule has 2 unspecified atom stereocenters. The highest BCUT2D eigenvalue weighted by Crippen LogP contribution is 2.40. The largest absolute Gasteiger partial charge is 0.466 e. The van der Waals surface area contributed by atoms with E-state index in [1.165, 1.54) is 13.8 Å². The average Bonchev–Trinajstić information content (AvgIpc) is 2.27. The number of ether oxygens (including phenoxy) is 2. The Morgan fingerprint density at radius 3 is 2.11 bits per heavy atom. The van der Waals surface area contributed by atoms with Gasteiger partial charge in [0.2, 0.25) is 0 Å². The standard InChI is InChI=1S/C14H24O4/c1-8-9(2)13(7-17-11(4)15)6-14(10(8)3)18-12(5)16/h8-10,13-14H,6-7H2,1-5H3/t8-,9+,10?,13?,14+/m0/s1. The van der Waals surface area contributed by atoms with E-state index in [9.17, 15) is 9.59 Å². The molecule has 0 saturated heterocycles. The van der Waals surface area contributed by atoms with Crippen LogP contribution >= 0.6 is 0 Å². The van der Waals surface area contributed by atoms with E-state index in [0.717, 1.165) is 6.42 Å². The lowest BCUT2D eigenvalue weighted by Gasteiger charge is -2.42. The number of rotatable bonds is 3. The fourth-order valence-electron chi connectivity index (χ4n) is 2.79. The van der Waals surface area contributed by atoms with Crippen molar-refractivity contribution in [1.82, 2.24) is 0 Å². The van der Waals surface area contributed by atoms with Gasteiger partial charge in [-0.25, -0.2) is 0 Å². The van der Waals surface area contributed by atoms with Gasteiger partial charge in [0.15, 0.2) is 0 Å². The maximum absolute atomic E-state index is 11.1. The van der Waals surface area contributed by atoms with Crippen molar-refractivity contribution < 1.29 is 19.1 Å². The third-order valence-corrected chi connectivity index (χ3v) is 4.34. The van der Waals surface area contributed by atoms with Gasteiger partial charge in [0.05, 0.1) is 6.61 Å². The van der Waals surface area contributed by atoms with Crippen LogP contribution in [0, 0.1) is 23.7 Å². The fourth-order valence-corrected chi connectivity index (χ4v) is 2.79. The van der Waals surface area contributed by atoms with Crippen molar-refractivity contribution in [3.8, 4) is 0 Å². The molecule has 1 saturated carbocycles. The summed E-state index contributed by atoms with van der Waals surface area (Å²) in [4.78, 5) is 22.0. The Morgan fingerprint density at radius 2 is 1.61 bits per heavy atom. The van der Waals surface area contributed by atoms with Gasteiger partial charge < -0.3 is 9.47 Å². The quantitative estimate of drug-likeness (QED) is 0.728. The zero-order valence-electron chi connectivity index (χ0n) is 11.9. The molecule has 4 nitrogen and oxygen atoms in total. The lowest BCUT2D eigenvalue weighted by Crippen LogP contribution is -2.43. The molecule has 4 heteroatoms. The molecule has 0 heterocycles. The Labute approximate surface area is 109 Å². The Morgan fingerprint density at radius 1 is 1.00 bits per heavy atom. The molecule has 0 aromatic rings. The third-order valence-electron chi connectivity index (χ3n) is 4.34. The van der Waals surface area contributed by atoms with Crippen LogP contribution in [0.1, 0.15) is 41.0 Å². The molecule has 1 aliphatic rings. The fraction of sp³-hybridized carbons (Fsp3) is 0.857. The smallest absolute Gasteiger partial charge is 0.302 e. The van der Waals surface area contributed by atoms with Crippen molar-refractivity contribution in [1.29, 1.82) is 0 Å². The Hall–Kier alpha value is -1.06. The van der Waals surface area contributed by atoms with Crippen LogP contribution in [0.4, 0.5) is 0 Å². The molecule has 5 atom stereocenters. The van der Waals surface area contributed by atoms with Gasteiger partial charge in [-0.1, -0.05) is 20.8 Å². The van der Waals surface area contributed by atoms with Gasteiger partial charge in [0.1, 0.15) is 6.10 Å². The second-order valence-corrected chi connectivity index (χ2v) is 5.52. The molecular formula is C14H24O4. The van der Waals surface area contributed by atoms with Crippen LogP contribution in [0.2, 0.25) is 0 Å². The average molecular weight is 256 g/mol. The maximum atomic E-state index is 11.1. The first-order valence-corrected chi connectivity index (χ1v) is 6.63. The molecule has 0 aromatic heterocycles.